The lowest BCUT2D eigenvalue weighted by Gasteiger charge is -2.15. The number of benzene rings is 2. The molecule has 5 nitrogen and oxygen atoms in total. The highest BCUT2D eigenvalue weighted by Gasteiger charge is 2.37. The van der Waals surface area contributed by atoms with Crippen LogP contribution >= 0.6 is 11.6 Å². The summed E-state index contributed by atoms with van der Waals surface area (Å²) in [5, 5.41) is 5.15. The van der Waals surface area contributed by atoms with Crippen molar-refractivity contribution in [1.82, 2.24) is 9.78 Å². The maximum absolute atomic E-state index is 14.3. The van der Waals surface area contributed by atoms with E-state index in [1.54, 1.807) is 18.2 Å². The Kier molecular flexibility index (Phi) is 5.23. The number of hydrogen-bond donors (Lipinski definition) is 1. The number of carbonyl (C=O) groups excluding carboxylic acids is 1. The number of hydrogen-bond acceptors (Lipinski definition) is 3. The number of aromatic nitrogens is 2. The number of ether oxygens (including phenoxy) is 1. The second-order valence-electron chi connectivity index (χ2n) is 5.34. The molecule has 1 heterocycles. The zero-order valence-corrected chi connectivity index (χ0v) is 14.4. The molecule has 1 amide bonds. The lowest BCUT2D eigenvalue weighted by atomic mass is 10.1. The van der Waals surface area contributed by atoms with Crippen molar-refractivity contribution in [3.05, 3.63) is 70.9 Å². The number of alkyl halides is 3. The molecule has 11 heteroatoms. The normalized spacial score (nSPS) is 11.4. The lowest BCUT2D eigenvalue weighted by molar-refractivity contribution is -0.140. The first-order valence-electron chi connectivity index (χ1n) is 7.51. The molecular formula is C17H9ClF5N3O2. The predicted octanol–water partition coefficient (Wildman–Crippen LogP) is 5.43. The van der Waals surface area contributed by atoms with Crippen LogP contribution in [0.15, 0.2) is 48.7 Å². The molecule has 2 aromatic carbocycles. The number of rotatable bonds is 3. The van der Waals surface area contributed by atoms with E-state index in [9.17, 15) is 26.7 Å². The van der Waals surface area contributed by atoms with Crippen LogP contribution in [0.1, 0.15) is 5.56 Å². The van der Waals surface area contributed by atoms with Gasteiger partial charge in [0.25, 0.3) is 0 Å². The van der Waals surface area contributed by atoms with Crippen LogP contribution in [0, 0.1) is 11.6 Å². The van der Waals surface area contributed by atoms with E-state index in [1.165, 1.54) is 18.2 Å². The van der Waals surface area contributed by atoms with Crippen LogP contribution < -0.4 is 10.1 Å². The van der Waals surface area contributed by atoms with E-state index in [0.717, 1.165) is 6.20 Å². The Morgan fingerprint density at radius 3 is 2.43 bits per heavy atom. The van der Waals surface area contributed by atoms with Crippen molar-refractivity contribution in [3.63, 3.8) is 0 Å². The summed E-state index contributed by atoms with van der Waals surface area (Å²) < 4.78 is 72.2. The number of carbonyl (C=O) groups is 1. The van der Waals surface area contributed by atoms with Crippen molar-refractivity contribution in [2.75, 3.05) is 5.32 Å². The number of para-hydroxylation sites is 1. The van der Waals surface area contributed by atoms with Crippen molar-refractivity contribution in [2.24, 2.45) is 0 Å². The third-order valence-corrected chi connectivity index (χ3v) is 3.77. The summed E-state index contributed by atoms with van der Waals surface area (Å²) in [6, 6.07) is 9.36. The van der Waals surface area contributed by atoms with Gasteiger partial charge in [-0.15, -0.1) is 0 Å². The summed E-state index contributed by atoms with van der Waals surface area (Å²) in [5.74, 6) is -4.01. The highest BCUT2D eigenvalue weighted by atomic mass is 35.5. The highest BCUT2D eigenvalue weighted by Crippen LogP contribution is 2.38. The average molecular weight is 418 g/mol. The van der Waals surface area contributed by atoms with Gasteiger partial charge in [-0.25, -0.2) is 18.3 Å². The van der Waals surface area contributed by atoms with E-state index in [0.29, 0.717) is 4.68 Å². The number of anilines is 1. The number of nitrogens with one attached hydrogen (secondary N) is 1. The SMILES string of the molecule is O=C(Nc1ccnn1-c1c(Cl)cc(C(F)(F)F)c(F)c1F)Oc1ccccc1. The van der Waals surface area contributed by atoms with Crippen LogP contribution in [-0.4, -0.2) is 15.9 Å². The molecular weight excluding hydrogens is 409 g/mol. The van der Waals surface area contributed by atoms with E-state index in [1.807, 2.05) is 0 Å². The van der Waals surface area contributed by atoms with Crippen LogP contribution in [0.4, 0.5) is 32.6 Å². The van der Waals surface area contributed by atoms with Gasteiger partial charge in [-0.1, -0.05) is 29.8 Å². The average Bonchev–Trinajstić information content (AvgIpc) is 3.05. The third kappa shape index (κ3) is 3.91. The second-order valence-corrected chi connectivity index (χ2v) is 5.74. The molecule has 0 bridgehead atoms. The third-order valence-electron chi connectivity index (χ3n) is 3.48. The van der Waals surface area contributed by atoms with Gasteiger partial charge in [0.15, 0.2) is 11.6 Å². The smallest absolute Gasteiger partial charge is 0.410 e. The number of nitrogens with zero attached hydrogens (tertiary/aromatic N) is 2. The van der Waals surface area contributed by atoms with E-state index >= 15 is 0 Å². The van der Waals surface area contributed by atoms with Gasteiger partial charge >= 0.3 is 12.3 Å². The molecule has 28 heavy (non-hydrogen) atoms. The molecule has 1 N–H and O–H groups in total. The Morgan fingerprint density at radius 2 is 1.79 bits per heavy atom. The van der Waals surface area contributed by atoms with Crippen LogP contribution in [0.3, 0.4) is 0 Å². The van der Waals surface area contributed by atoms with Gasteiger partial charge in [-0.2, -0.15) is 18.3 Å². The first-order chi connectivity index (χ1) is 13.2. The van der Waals surface area contributed by atoms with Crippen molar-refractivity contribution in [2.45, 2.75) is 6.18 Å². The maximum Gasteiger partial charge on any atom is 0.419 e. The molecule has 0 fully saturated rings. The molecule has 0 saturated carbocycles. The molecule has 0 saturated heterocycles. The van der Waals surface area contributed by atoms with Gasteiger partial charge in [-0.05, 0) is 18.2 Å². The lowest BCUT2D eigenvalue weighted by Crippen LogP contribution is -2.20. The summed E-state index contributed by atoms with van der Waals surface area (Å²) in [6.45, 7) is 0. The second kappa shape index (κ2) is 7.47. The molecule has 0 aliphatic carbocycles. The Balaban J connectivity index is 1.94. The summed E-state index contributed by atoms with van der Waals surface area (Å²) in [6.07, 6.45) is -5.03. The quantitative estimate of drug-likeness (QED) is 0.456. The van der Waals surface area contributed by atoms with E-state index in [-0.39, 0.29) is 17.6 Å². The fourth-order valence-electron chi connectivity index (χ4n) is 2.29. The molecule has 0 unspecified atom stereocenters. The fraction of sp³-hybridized carbons (Fsp3) is 0.0588. The van der Waals surface area contributed by atoms with Crippen LogP contribution in [0.25, 0.3) is 5.69 Å². The molecule has 3 rings (SSSR count). The van der Waals surface area contributed by atoms with Crippen LogP contribution in [0.5, 0.6) is 5.75 Å². The van der Waals surface area contributed by atoms with Crippen LogP contribution in [0.2, 0.25) is 5.02 Å². The first kappa shape index (κ1) is 19.6. The fourth-order valence-corrected chi connectivity index (χ4v) is 2.56. The van der Waals surface area contributed by atoms with Crippen molar-refractivity contribution >= 4 is 23.5 Å². The highest BCUT2D eigenvalue weighted by molar-refractivity contribution is 6.32. The minimum atomic E-state index is -5.14. The largest absolute Gasteiger partial charge is 0.419 e. The van der Waals surface area contributed by atoms with Crippen molar-refractivity contribution < 1.29 is 31.5 Å². The number of halogens is 6. The molecule has 146 valence electrons. The van der Waals surface area contributed by atoms with Crippen molar-refractivity contribution in [1.29, 1.82) is 0 Å². The molecule has 0 aliphatic rings. The molecule has 0 radical (unpaired) electrons. The topological polar surface area (TPSA) is 56.2 Å². The zero-order valence-electron chi connectivity index (χ0n) is 13.6. The molecule has 0 aliphatic heterocycles. The summed E-state index contributed by atoms with van der Waals surface area (Å²) >= 11 is 5.73. The van der Waals surface area contributed by atoms with Gasteiger partial charge in [0, 0.05) is 6.07 Å². The molecule has 0 spiro atoms. The van der Waals surface area contributed by atoms with Crippen molar-refractivity contribution in [3.8, 4) is 11.4 Å². The van der Waals surface area contributed by atoms with E-state index in [4.69, 9.17) is 16.3 Å². The first-order valence-corrected chi connectivity index (χ1v) is 7.89. The number of amides is 1. The predicted molar refractivity (Wildman–Crippen MR) is 89.6 cm³/mol. The maximum atomic E-state index is 14.3. The summed E-state index contributed by atoms with van der Waals surface area (Å²) in [5.41, 5.74) is -2.66. The summed E-state index contributed by atoms with van der Waals surface area (Å²) in [4.78, 5) is 12.0. The van der Waals surface area contributed by atoms with E-state index < -0.39 is 40.2 Å². The van der Waals surface area contributed by atoms with Gasteiger partial charge in [0.1, 0.15) is 17.3 Å². The molecule has 3 aromatic rings. The minimum Gasteiger partial charge on any atom is -0.410 e. The molecule has 0 atom stereocenters. The summed E-state index contributed by atoms with van der Waals surface area (Å²) in [7, 11) is 0. The van der Waals surface area contributed by atoms with Gasteiger partial charge in [0.05, 0.1) is 16.8 Å². The Morgan fingerprint density at radius 1 is 1.11 bits per heavy atom. The van der Waals surface area contributed by atoms with Gasteiger partial charge in [-0.3, -0.25) is 5.32 Å². The van der Waals surface area contributed by atoms with Gasteiger partial charge < -0.3 is 4.74 Å². The monoisotopic (exact) mass is 417 g/mol. The minimum absolute atomic E-state index is 0.204. The van der Waals surface area contributed by atoms with E-state index in [2.05, 4.69) is 10.4 Å². The standard InChI is InChI=1S/C17H9ClF5N3O2/c18-11-8-10(17(21,22)23)13(19)14(20)15(11)26-12(6-7-24-26)25-16(27)28-9-4-2-1-3-5-9/h1-8H,(H,25,27). The van der Waals surface area contributed by atoms with Gasteiger partial charge in [0.2, 0.25) is 0 Å². The zero-order chi connectivity index (χ0) is 20.5. The Bertz CT molecular complexity index is 1020. The Labute approximate surface area is 159 Å². The molecule has 1 aromatic heterocycles. The Hall–Kier alpha value is -3.14. The van der Waals surface area contributed by atoms with Crippen LogP contribution in [-0.2, 0) is 6.18 Å².